The van der Waals surface area contributed by atoms with Crippen molar-refractivity contribution in [3.63, 3.8) is 0 Å². The van der Waals surface area contributed by atoms with Gasteiger partial charge in [0.25, 0.3) is 5.91 Å². The van der Waals surface area contributed by atoms with Crippen LogP contribution < -0.4 is 5.32 Å². The zero-order valence-electron chi connectivity index (χ0n) is 14.1. The Morgan fingerprint density at radius 1 is 1.32 bits per heavy atom. The van der Waals surface area contributed by atoms with Crippen LogP contribution >= 0.6 is 0 Å². The highest BCUT2D eigenvalue weighted by atomic mass is 16.1. The molecule has 1 aliphatic carbocycles. The third-order valence-electron chi connectivity index (χ3n) is 4.87. The molecule has 1 aromatic carbocycles. The highest BCUT2D eigenvalue weighted by molar-refractivity contribution is 6.04. The third-order valence-corrected chi connectivity index (χ3v) is 4.87. The van der Waals surface area contributed by atoms with Gasteiger partial charge in [-0.15, -0.1) is 0 Å². The first-order chi connectivity index (χ1) is 12.2. The second-order valence-electron chi connectivity index (χ2n) is 6.61. The molecule has 1 aliphatic rings. The molecule has 1 saturated carbocycles. The van der Waals surface area contributed by atoms with E-state index in [0.717, 1.165) is 23.7 Å². The molecule has 0 radical (unpaired) electrons. The van der Waals surface area contributed by atoms with Gasteiger partial charge in [0.15, 0.2) is 0 Å². The van der Waals surface area contributed by atoms with Crippen molar-refractivity contribution in [3.8, 4) is 6.07 Å². The first kappa shape index (κ1) is 15.5. The number of aromatic nitrogens is 3. The van der Waals surface area contributed by atoms with Crippen molar-refractivity contribution in [1.82, 2.24) is 14.1 Å². The first-order valence-corrected chi connectivity index (χ1v) is 8.50. The molecule has 126 valence electrons. The lowest BCUT2D eigenvalue weighted by atomic mass is 10.1. The van der Waals surface area contributed by atoms with Gasteiger partial charge in [-0.1, -0.05) is 12.8 Å². The van der Waals surface area contributed by atoms with Crippen molar-refractivity contribution in [3.05, 3.63) is 48.2 Å². The normalized spacial score (nSPS) is 14.7. The zero-order valence-corrected chi connectivity index (χ0v) is 14.1. The molecule has 0 atom stereocenters. The molecular formula is C19H19N5O. The number of aryl methyl sites for hydroxylation is 1. The zero-order chi connectivity index (χ0) is 17.4. The highest BCUT2D eigenvalue weighted by Crippen LogP contribution is 2.35. The van der Waals surface area contributed by atoms with E-state index in [-0.39, 0.29) is 5.91 Å². The molecule has 1 N–H and O–H groups in total. The minimum atomic E-state index is -0.256. The van der Waals surface area contributed by atoms with E-state index in [1.54, 1.807) is 17.1 Å². The maximum Gasteiger partial charge on any atom is 0.275 e. The van der Waals surface area contributed by atoms with Gasteiger partial charge in [0.2, 0.25) is 0 Å². The fraction of sp³-hybridized carbons (Fsp3) is 0.316. The predicted octanol–water partition coefficient (Wildman–Crippen LogP) is 3.61. The van der Waals surface area contributed by atoms with Gasteiger partial charge in [-0.05, 0) is 31.0 Å². The van der Waals surface area contributed by atoms with Crippen LogP contribution in [0.1, 0.15) is 47.8 Å². The molecule has 0 unspecified atom stereocenters. The summed E-state index contributed by atoms with van der Waals surface area (Å²) in [5.41, 5.74) is 2.74. The summed E-state index contributed by atoms with van der Waals surface area (Å²) < 4.78 is 3.96. The molecular weight excluding hydrogens is 314 g/mol. The molecule has 4 rings (SSSR count). The van der Waals surface area contributed by atoms with E-state index in [9.17, 15) is 10.1 Å². The van der Waals surface area contributed by atoms with Gasteiger partial charge in [0.1, 0.15) is 11.8 Å². The maximum absolute atomic E-state index is 12.3. The van der Waals surface area contributed by atoms with Gasteiger partial charge in [-0.25, -0.2) is 4.98 Å². The highest BCUT2D eigenvalue weighted by Gasteiger charge is 2.20. The number of nitrogens with one attached hydrogen (secondary N) is 1. The van der Waals surface area contributed by atoms with E-state index in [4.69, 9.17) is 0 Å². The van der Waals surface area contributed by atoms with Gasteiger partial charge >= 0.3 is 0 Å². The van der Waals surface area contributed by atoms with Crippen molar-refractivity contribution in [2.24, 2.45) is 7.05 Å². The maximum atomic E-state index is 12.3. The summed E-state index contributed by atoms with van der Waals surface area (Å²) in [7, 11) is 1.82. The number of carbonyl (C=O) groups is 1. The minimum Gasteiger partial charge on any atom is -0.343 e. The summed E-state index contributed by atoms with van der Waals surface area (Å²) in [5.74, 6) is -0.256. The number of imidazole rings is 1. The number of hydrogen-bond acceptors (Lipinski definition) is 3. The van der Waals surface area contributed by atoms with E-state index >= 15 is 0 Å². The van der Waals surface area contributed by atoms with Gasteiger partial charge in [-0.3, -0.25) is 4.79 Å². The fourth-order valence-electron chi connectivity index (χ4n) is 3.63. The van der Waals surface area contributed by atoms with Crippen molar-refractivity contribution in [1.29, 1.82) is 5.26 Å². The summed E-state index contributed by atoms with van der Waals surface area (Å²) in [6.45, 7) is 0. The second kappa shape index (κ2) is 6.10. The Hall–Kier alpha value is -3.07. The van der Waals surface area contributed by atoms with E-state index in [2.05, 4.69) is 20.9 Å². The number of nitrogens with zero attached hydrogens (tertiary/aromatic N) is 4. The first-order valence-electron chi connectivity index (χ1n) is 8.50. The summed E-state index contributed by atoms with van der Waals surface area (Å²) in [6, 6.07) is 8.50. The quantitative estimate of drug-likeness (QED) is 0.795. The lowest BCUT2D eigenvalue weighted by Crippen LogP contribution is -2.12. The van der Waals surface area contributed by atoms with E-state index < -0.39 is 0 Å². The second-order valence-corrected chi connectivity index (χ2v) is 6.61. The molecule has 3 aromatic rings. The average molecular weight is 333 g/mol. The molecule has 6 nitrogen and oxygen atoms in total. The van der Waals surface area contributed by atoms with Crippen LogP contribution in [0.3, 0.4) is 0 Å². The minimum absolute atomic E-state index is 0.256. The standard InChI is InChI=1S/C19H19N5O/c1-23-11-17(21-12-23)19(25)22-14-6-7-18-16(8-14)13(9-20)10-24(18)15-4-2-3-5-15/h6-8,10-12,15H,2-5H2,1H3,(H,22,25). The largest absolute Gasteiger partial charge is 0.343 e. The molecule has 1 amide bonds. The van der Waals surface area contributed by atoms with Crippen LogP contribution in [0.4, 0.5) is 5.69 Å². The lowest BCUT2D eigenvalue weighted by Gasteiger charge is -2.13. The van der Waals surface area contributed by atoms with Crippen LogP contribution in [0.2, 0.25) is 0 Å². The van der Waals surface area contributed by atoms with Crippen LogP contribution in [0, 0.1) is 11.3 Å². The Morgan fingerprint density at radius 3 is 2.80 bits per heavy atom. The molecule has 6 heteroatoms. The number of rotatable bonds is 3. The SMILES string of the molecule is Cn1cnc(C(=O)Nc2ccc3c(c2)c(C#N)cn3C2CCCC2)c1. The molecule has 0 bridgehead atoms. The Bertz CT molecular complexity index is 985. The summed E-state index contributed by atoms with van der Waals surface area (Å²) in [5, 5.41) is 13.2. The van der Waals surface area contributed by atoms with Crippen molar-refractivity contribution in [2.75, 3.05) is 5.32 Å². The van der Waals surface area contributed by atoms with Crippen LogP contribution in [0.5, 0.6) is 0 Å². The van der Waals surface area contributed by atoms with Gasteiger partial charge < -0.3 is 14.5 Å². The number of benzene rings is 1. The summed E-state index contributed by atoms with van der Waals surface area (Å²) in [6.07, 6.45) is 10.0. The lowest BCUT2D eigenvalue weighted by molar-refractivity contribution is 0.102. The van der Waals surface area contributed by atoms with Crippen molar-refractivity contribution >= 4 is 22.5 Å². The molecule has 25 heavy (non-hydrogen) atoms. The van der Waals surface area contributed by atoms with Gasteiger partial charge in [0, 0.05) is 42.1 Å². The molecule has 0 aliphatic heterocycles. The summed E-state index contributed by atoms with van der Waals surface area (Å²) in [4.78, 5) is 16.3. The Balaban J connectivity index is 1.68. The van der Waals surface area contributed by atoms with Crippen molar-refractivity contribution in [2.45, 2.75) is 31.7 Å². The van der Waals surface area contributed by atoms with Gasteiger partial charge in [0.05, 0.1) is 11.9 Å². The van der Waals surface area contributed by atoms with Crippen LogP contribution in [0.15, 0.2) is 36.9 Å². The number of carbonyl (C=O) groups excluding carboxylic acids is 1. The molecule has 1 fully saturated rings. The number of anilines is 1. The van der Waals surface area contributed by atoms with Gasteiger partial charge in [-0.2, -0.15) is 5.26 Å². The predicted molar refractivity (Wildman–Crippen MR) is 95.3 cm³/mol. The number of nitriles is 1. The van der Waals surface area contributed by atoms with Crippen molar-refractivity contribution < 1.29 is 4.79 Å². The van der Waals surface area contributed by atoms with Crippen LogP contribution in [-0.2, 0) is 7.05 Å². The van der Waals surface area contributed by atoms with Crippen LogP contribution in [0.25, 0.3) is 10.9 Å². The average Bonchev–Trinajstić information content (AvgIpc) is 3.33. The number of hydrogen-bond donors (Lipinski definition) is 1. The topological polar surface area (TPSA) is 75.6 Å². The number of fused-ring (bicyclic) bond motifs is 1. The summed E-state index contributed by atoms with van der Waals surface area (Å²) >= 11 is 0. The molecule has 0 saturated heterocycles. The van der Waals surface area contributed by atoms with Crippen LogP contribution in [-0.4, -0.2) is 20.0 Å². The smallest absolute Gasteiger partial charge is 0.275 e. The fourth-order valence-corrected chi connectivity index (χ4v) is 3.63. The Morgan fingerprint density at radius 2 is 2.12 bits per heavy atom. The van der Waals surface area contributed by atoms with E-state index in [1.807, 2.05) is 31.4 Å². The molecule has 2 aromatic heterocycles. The third kappa shape index (κ3) is 2.78. The monoisotopic (exact) mass is 333 g/mol. The van der Waals surface area contributed by atoms with E-state index in [0.29, 0.717) is 23.0 Å². The Labute approximate surface area is 145 Å². The molecule has 2 heterocycles. The van der Waals surface area contributed by atoms with E-state index in [1.165, 1.54) is 12.8 Å². The number of amides is 1. The molecule has 0 spiro atoms. The Kier molecular flexibility index (Phi) is 3.77.